The van der Waals surface area contributed by atoms with Crippen molar-refractivity contribution in [2.24, 2.45) is 0 Å². The van der Waals surface area contributed by atoms with Gasteiger partial charge in [0.2, 0.25) is 0 Å². The van der Waals surface area contributed by atoms with Gasteiger partial charge >= 0.3 is 0 Å². The van der Waals surface area contributed by atoms with Crippen LogP contribution in [0.15, 0.2) is 54.7 Å². The number of hydrogen-bond acceptors (Lipinski definition) is 1. The fourth-order valence-electron chi connectivity index (χ4n) is 3.76. The maximum absolute atomic E-state index is 13.0. The van der Waals surface area contributed by atoms with E-state index in [4.69, 9.17) is 0 Å². The highest BCUT2D eigenvalue weighted by molar-refractivity contribution is 6.06. The van der Waals surface area contributed by atoms with Crippen LogP contribution in [0.1, 0.15) is 21.6 Å². The molecule has 0 spiro atoms. The molecule has 0 radical (unpaired) electrons. The molecule has 4 nitrogen and oxygen atoms in total. The topological polar surface area (TPSA) is 51.9 Å². The van der Waals surface area contributed by atoms with Gasteiger partial charge in [-0.3, -0.25) is 4.79 Å². The Bertz CT molecular complexity index is 1070. The van der Waals surface area contributed by atoms with Crippen molar-refractivity contribution >= 4 is 27.7 Å². The molecule has 1 aliphatic rings. The largest absolute Gasteiger partial charge is 0.360 e. The van der Waals surface area contributed by atoms with E-state index in [1.165, 1.54) is 16.6 Å². The zero-order chi connectivity index (χ0) is 16.1. The first kappa shape index (κ1) is 13.4. The Balaban J connectivity index is 1.53. The molecular formula is C20H17N3O. The van der Waals surface area contributed by atoms with Crippen LogP contribution in [0.4, 0.5) is 0 Å². The number of aromatic nitrogens is 2. The van der Waals surface area contributed by atoms with E-state index in [0.717, 1.165) is 34.9 Å². The minimum absolute atomic E-state index is 0.100. The van der Waals surface area contributed by atoms with Gasteiger partial charge in [0.25, 0.3) is 5.91 Å². The van der Waals surface area contributed by atoms with Crippen molar-refractivity contribution in [1.82, 2.24) is 14.9 Å². The van der Waals surface area contributed by atoms with Crippen molar-refractivity contribution in [3.8, 4) is 0 Å². The van der Waals surface area contributed by atoms with E-state index in [1.807, 2.05) is 41.4 Å². The van der Waals surface area contributed by atoms with E-state index < -0.39 is 0 Å². The van der Waals surface area contributed by atoms with E-state index in [2.05, 4.69) is 28.2 Å². The Morgan fingerprint density at radius 3 is 2.58 bits per heavy atom. The molecule has 0 atom stereocenters. The molecule has 2 N–H and O–H groups in total. The van der Waals surface area contributed by atoms with Crippen LogP contribution in [-0.4, -0.2) is 27.3 Å². The average Bonchev–Trinajstić information content (AvgIpc) is 3.22. The smallest absolute Gasteiger partial charge is 0.256 e. The standard InChI is InChI=1S/C20H17N3O/c24-20(15-11-21-17-7-3-1-5-13(15)17)23-10-9-19-16(12-23)14-6-2-4-8-18(14)22-19/h1-8,11,21-22H,9-10,12H2. The summed E-state index contributed by atoms with van der Waals surface area (Å²) in [6, 6.07) is 16.3. The number of hydrogen-bond donors (Lipinski definition) is 2. The number of carbonyl (C=O) groups is 1. The molecule has 0 saturated heterocycles. The molecule has 2 aromatic carbocycles. The van der Waals surface area contributed by atoms with E-state index >= 15 is 0 Å². The normalized spacial score (nSPS) is 14.2. The summed E-state index contributed by atoms with van der Waals surface area (Å²) in [5.74, 6) is 0.100. The average molecular weight is 315 g/mol. The Morgan fingerprint density at radius 2 is 1.71 bits per heavy atom. The van der Waals surface area contributed by atoms with Gasteiger partial charge in [-0.15, -0.1) is 0 Å². The SMILES string of the molecule is O=C(c1c[nH]c2ccccc12)N1CCc2[nH]c3ccccc3c2C1. The molecule has 1 aliphatic heterocycles. The first-order valence-electron chi connectivity index (χ1n) is 8.25. The third-order valence-corrected chi connectivity index (χ3v) is 4.99. The number of fused-ring (bicyclic) bond motifs is 4. The minimum Gasteiger partial charge on any atom is -0.360 e. The van der Waals surface area contributed by atoms with E-state index in [0.29, 0.717) is 6.54 Å². The number of rotatable bonds is 1. The molecule has 24 heavy (non-hydrogen) atoms. The van der Waals surface area contributed by atoms with Crippen LogP contribution < -0.4 is 0 Å². The van der Waals surface area contributed by atoms with Crippen LogP contribution in [0, 0.1) is 0 Å². The number of para-hydroxylation sites is 2. The van der Waals surface area contributed by atoms with Gasteiger partial charge in [-0.25, -0.2) is 0 Å². The first-order chi connectivity index (χ1) is 11.8. The second kappa shape index (κ2) is 4.99. The third kappa shape index (κ3) is 1.89. The van der Waals surface area contributed by atoms with Crippen molar-refractivity contribution < 1.29 is 4.79 Å². The van der Waals surface area contributed by atoms with Gasteiger partial charge in [0, 0.05) is 58.8 Å². The maximum Gasteiger partial charge on any atom is 0.256 e. The Morgan fingerprint density at radius 1 is 0.958 bits per heavy atom. The lowest BCUT2D eigenvalue weighted by Gasteiger charge is -2.27. The summed E-state index contributed by atoms with van der Waals surface area (Å²) < 4.78 is 0. The van der Waals surface area contributed by atoms with Gasteiger partial charge in [0.05, 0.1) is 5.56 Å². The fraction of sp³-hybridized carbons (Fsp3) is 0.150. The molecule has 5 rings (SSSR count). The van der Waals surface area contributed by atoms with Crippen LogP contribution in [-0.2, 0) is 13.0 Å². The molecule has 1 amide bonds. The molecule has 4 aromatic rings. The van der Waals surface area contributed by atoms with Crippen molar-refractivity contribution in [2.75, 3.05) is 6.54 Å². The maximum atomic E-state index is 13.0. The number of nitrogens with zero attached hydrogens (tertiary/aromatic N) is 1. The predicted molar refractivity (Wildman–Crippen MR) is 95.0 cm³/mol. The summed E-state index contributed by atoms with van der Waals surface area (Å²) in [5.41, 5.74) is 5.44. The van der Waals surface area contributed by atoms with Crippen LogP contribution in [0.25, 0.3) is 21.8 Å². The summed E-state index contributed by atoms with van der Waals surface area (Å²) in [6.45, 7) is 1.41. The quantitative estimate of drug-likeness (QED) is 0.551. The summed E-state index contributed by atoms with van der Waals surface area (Å²) in [4.78, 5) is 21.7. The van der Waals surface area contributed by atoms with E-state index in [-0.39, 0.29) is 5.91 Å². The van der Waals surface area contributed by atoms with E-state index in [9.17, 15) is 4.79 Å². The highest BCUT2D eigenvalue weighted by Gasteiger charge is 2.26. The number of aromatic amines is 2. The fourth-order valence-corrected chi connectivity index (χ4v) is 3.76. The number of benzene rings is 2. The molecule has 0 fully saturated rings. The van der Waals surface area contributed by atoms with Gasteiger partial charge in [0.1, 0.15) is 0 Å². The molecule has 0 aliphatic carbocycles. The van der Waals surface area contributed by atoms with Gasteiger partial charge < -0.3 is 14.9 Å². The summed E-state index contributed by atoms with van der Waals surface area (Å²) >= 11 is 0. The second-order valence-corrected chi connectivity index (χ2v) is 6.35. The van der Waals surface area contributed by atoms with Crippen LogP contribution >= 0.6 is 0 Å². The summed E-state index contributed by atoms with van der Waals surface area (Å²) in [6.07, 6.45) is 2.70. The van der Waals surface area contributed by atoms with E-state index in [1.54, 1.807) is 0 Å². The van der Waals surface area contributed by atoms with Crippen molar-refractivity contribution in [3.05, 3.63) is 71.5 Å². The lowest BCUT2D eigenvalue weighted by atomic mass is 10.0. The Kier molecular flexibility index (Phi) is 2.80. The molecule has 3 heterocycles. The molecule has 0 bridgehead atoms. The van der Waals surface area contributed by atoms with Crippen molar-refractivity contribution in [2.45, 2.75) is 13.0 Å². The third-order valence-electron chi connectivity index (χ3n) is 4.99. The summed E-state index contributed by atoms with van der Waals surface area (Å²) in [7, 11) is 0. The zero-order valence-corrected chi connectivity index (χ0v) is 13.2. The van der Waals surface area contributed by atoms with Gasteiger partial charge in [-0.2, -0.15) is 0 Å². The molecule has 0 saturated carbocycles. The zero-order valence-electron chi connectivity index (χ0n) is 13.2. The van der Waals surface area contributed by atoms with Crippen LogP contribution in [0.3, 0.4) is 0 Å². The molecule has 4 heteroatoms. The number of amides is 1. The van der Waals surface area contributed by atoms with Crippen LogP contribution in [0.5, 0.6) is 0 Å². The van der Waals surface area contributed by atoms with Gasteiger partial charge in [-0.1, -0.05) is 36.4 Å². The predicted octanol–water partition coefficient (Wildman–Crippen LogP) is 3.85. The number of H-pyrrole nitrogens is 2. The Hall–Kier alpha value is -3.01. The monoisotopic (exact) mass is 315 g/mol. The summed E-state index contributed by atoms with van der Waals surface area (Å²) in [5, 5.41) is 2.22. The Labute approximate surface area is 139 Å². The number of nitrogens with one attached hydrogen (secondary N) is 2. The highest BCUT2D eigenvalue weighted by Crippen LogP contribution is 2.29. The van der Waals surface area contributed by atoms with Gasteiger partial charge in [0.15, 0.2) is 0 Å². The molecule has 2 aromatic heterocycles. The molecular weight excluding hydrogens is 298 g/mol. The first-order valence-corrected chi connectivity index (χ1v) is 8.25. The second-order valence-electron chi connectivity index (χ2n) is 6.35. The van der Waals surface area contributed by atoms with Gasteiger partial charge in [-0.05, 0) is 12.1 Å². The molecule has 118 valence electrons. The van der Waals surface area contributed by atoms with Crippen molar-refractivity contribution in [3.63, 3.8) is 0 Å². The molecule has 0 unspecified atom stereocenters. The number of carbonyl (C=O) groups excluding carboxylic acids is 1. The highest BCUT2D eigenvalue weighted by atomic mass is 16.2. The minimum atomic E-state index is 0.100. The van der Waals surface area contributed by atoms with Crippen molar-refractivity contribution in [1.29, 1.82) is 0 Å². The van der Waals surface area contributed by atoms with Crippen LogP contribution in [0.2, 0.25) is 0 Å². The lowest BCUT2D eigenvalue weighted by molar-refractivity contribution is 0.0737. The lowest BCUT2D eigenvalue weighted by Crippen LogP contribution is -2.35.